The number of carbonyl (C=O) groups excluding carboxylic acids is 1. The number of carbonyl (C=O) groups is 1. The Morgan fingerprint density at radius 2 is 2.05 bits per heavy atom. The predicted molar refractivity (Wildman–Crippen MR) is 85.8 cm³/mol. The second-order valence-corrected chi connectivity index (χ2v) is 6.26. The first-order valence-electron chi connectivity index (χ1n) is 5.90. The van der Waals surface area contributed by atoms with Crippen molar-refractivity contribution in [2.75, 3.05) is 11.1 Å². The molecular weight excluding hydrogens is 358 g/mol. The maximum atomic E-state index is 12.2. The molecule has 3 rings (SSSR count). The van der Waals surface area contributed by atoms with E-state index >= 15 is 0 Å². The van der Waals surface area contributed by atoms with Crippen molar-refractivity contribution in [2.45, 2.75) is 6.92 Å². The van der Waals surface area contributed by atoms with Crippen molar-refractivity contribution >= 4 is 55.0 Å². The zero-order valence-electron chi connectivity index (χ0n) is 10.8. The number of anilines is 2. The number of imidazole rings is 1. The third kappa shape index (κ3) is 2.57. The Hall–Kier alpha value is -2.13. The molecule has 2 aromatic heterocycles. The second kappa shape index (κ2) is 5.01. The van der Waals surface area contributed by atoms with Crippen molar-refractivity contribution in [1.29, 1.82) is 0 Å². The molecule has 108 valence electrons. The molecule has 0 aliphatic carbocycles. The molecule has 1 amide bonds. The van der Waals surface area contributed by atoms with Crippen molar-refractivity contribution in [1.82, 2.24) is 15.0 Å². The van der Waals surface area contributed by atoms with Gasteiger partial charge in [0, 0.05) is 4.47 Å². The number of nitrogens with one attached hydrogen (secondary N) is 3. The SMILES string of the molecule is Cc1nc(N)sc1C(=O)Nc1cc2[nH]c(=O)[nH]c2cc1Br. The standard InChI is InChI=1S/C12H10BrN5O2S/c1-4-9(21-11(14)15-4)10(19)16-6-3-8-7(2-5(6)13)17-12(20)18-8/h2-3H,1H3,(H2,14,15)(H,16,19)(H2,17,18,20). The fourth-order valence-electron chi connectivity index (χ4n) is 1.96. The minimum Gasteiger partial charge on any atom is -0.375 e. The van der Waals surface area contributed by atoms with Gasteiger partial charge in [0.2, 0.25) is 0 Å². The normalized spacial score (nSPS) is 11.0. The molecule has 0 fully saturated rings. The van der Waals surface area contributed by atoms with Crippen LogP contribution in [0.25, 0.3) is 11.0 Å². The van der Waals surface area contributed by atoms with Crippen LogP contribution in [0.5, 0.6) is 0 Å². The summed E-state index contributed by atoms with van der Waals surface area (Å²) in [6.45, 7) is 1.73. The number of hydrogen-bond acceptors (Lipinski definition) is 5. The van der Waals surface area contributed by atoms with Crippen LogP contribution in [-0.2, 0) is 0 Å². The van der Waals surface area contributed by atoms with Crippen LogP contribution in [0.4, 0.5) is 10.8 Å². The van der Waals surface area contributed by atoms with Crippen LogP contribution >= 0.6 is 27.3 Å². The zero-order chi connectivity index (χ0) is 15.1. The van der Waals surface area contributed by atoms with E-state index in [1.165, 1.54) is 0 Å². The third-order valence-electron chi connectivity index (χ3n) is 2.87. The summed E-state index contributed by atoms with van der Waals surface area (Å²) in [4.78, 5) is 33.3. The summed E-state index contributed by atoms with van der Waals surface area (Å²) in [5.74, 6) is -0.292. The number of rotatable bonds is 2. The van der Waals surface area contributed by atoms with Crippen LogP contribution in [0.15, 0.2) is 21.4 Å². The third-order valence-corrected chi connectivity index (χ3v) is 4.51. The van der Waals surface area contributed by atoms with Gasteiger partial charge in [-0.25, -0.2) is 9.78 Å². The molecule has 1 aromatic carbocycles. The molecule has 0 atom stereocenters. The minimum absolute atomic E-state index is 0.292. The number of aromatic nitrogens is 3. The van der Waals surface area contributed by atoms with Gasteiger partial charge >= 0.3 is 5.69 Å². The number of hydrogen-bond donors (Lipinski definition) is 4. The Labute approximate surface area is 130 Å². The molecule has 0 aliphatic heterocycles. The van der Waals surface area contributed by atoms with Gasteiger partial charge in [0.05, 0.1) is 22.4 Å². The maximum absolute atomic E-state index is 12.2. The topological polar surface area (TPSA) is 117 Å². The van der Waals surface area contributed by atoms with Crippen LogP contribution < -0.4 is 16.7 Å². The van der Waals surface area contributed by atoms with Crippen LogP contribution in [-0.4, -0.2) is 20.9 Å². The quantitative estimate of drug-likeness (QED) is 0.555. The lowest BCUT2D eigenvalue weighted by atomic mass is 10.2. The molecule has 0 aliphatic rings. The van der Waals surface area contributed by atoms with Crippen molar-refractivity contribution in [3.05, 3.63) is 37.7 Å². The maximum Gasteiger partial charge on any atom is 0.323 e. The van der Waals surface area contributed by atoms with Gasteiger partial charge in [-0.3, -0.25) is 4.79 Å². The molecule has 7 nitrogen and oxygen atoms in total. The Balaban J connectivity index is 1.97. The number of nitrogens with zero attached hydrogens (tertiary/aromatic N) is 1. The fraction of sp³-hybridized carbons (Fsp3) is 0.0833. The molecule has 0 unspecified atom stereocenters. The number of aryl methyl sites for hydroxylation is 1. The Kier molecular flexibility index (Phi) is 3.30. The van der Waals surface area contributed by atoms with Gasteiger partial charge in [-0.05, 0) is 35.0 Å². The number of thiazole rings is 1. The second-order valence-electron chi connectivity index (χ2n) is 4.38. The summed E-state index contributed by atoms with van der Waals surface area (Å²) in [7, 11) is 0. The van der Waals surface area contributed by atoms with E-state index in [4.69, 9.17) is 5.73 Å². The highest BCUT2D eigenvalue weighted by Gasteiger charge is 2.16. The van der Waals surface area contributed by atoms with Crippen LogP contribution in [0.2, 0.25) is 0 Å². The molecular formula is C12H10BrN5O2S. The van der Waals surface area contributed by atoms with Crippen molar-refractivity contribution in [3.8, 4) is 0 Å². The largest absolute Gasteiger partial charge is 0.375 e. The lowest BCUT2D eigenvalue weighted by Crippen LogP contribution is -2.12. The molecule has 0 spiro atoms. The van der Waals surface area contributed by atoms with E-state index in [-0.39, 0.29) is 11.6 Å². The minimum atomic E-state index is -0.300. The highest BCUT2D eigenvalue weighted by molar-refractivity contribution is 9.10. The zero-order valence-corrected chi connectivity index (χ0v) is 13.2. The molecule has 0 saturated carbocycles. The van der Waals surface area contributed by atoms with Gasteiger partial charge in [0.15, 0.2) is 5.13 Å². The smallest absolute Gasteiger partial charge is 0.323 e. The number of benzene rings is 1. The fourth-order valence-corrected chi connectivity index (χ4v) is 3.13. The average molecular weight is 368 g/mol. The number of nitrogens with two attached hydrogens (primary N) is 1. The van der Waals surface area contributed by atoms with Gasteiger partial charge in [-0.1, -0.05) is 11.3 Å². The summed E-state index contributed by atoms with van der Waals surface area (Å²) in [5.41, 5.74) is 7.69. The summed E-state index contributed by atoms with van der Waals surface area (Å²) in [6.07, 6.45) is 0. The van der Waals surface area contributed by atoms with E-state index in [9.17, 15) is 9.59 Å². The molecule has 21 heavy (non-hydrogen) atoms. The Morgan fingerprint density at radius 1 is 1.38 bits per heavy atom. The van der Waals surface area contributed by atoms with E-state index in [1.54, 1.807) is 19.1 Å². The first kappa shape index (κ1) is 13.8. The van der Waals surface area contributed by atoms with Gasteiger partial charge in [0.25, 0.3) is 5.91 Å². The Morgan fingerprint density at radius 3 is 2.67 bits per heavy atom. The van der Waals surface area contributed by atoms with Gasteiger partial charge in [-0.15, -0.1) is 0 Å². The summed E-state index contributed by atoms with van der Waals surface area (Å²) >= 11 is 4.49. The highest BCUT2D eigenvalue weighted by atomic mass is 79.9. The number of amides is 1. The van der Waals surface area contributed by atoms with Crippen molar-refractivity contribution in [2.24, 2.45) is 0 Å². The van der Waals surface area contributed by atoms with Crippen molar-refractivity contribution < 1.29 is 4.79 Å². The number of aromatic amines is 2. The molecule has 5 N–H and O–H groups in total. The molecule has 2 heterocycles. The monoisotopic (exact) mass is 367 g/mol. The lowest BCUT2D eigenvalue weighted by molar-refractivity contribution is 0.103. The first-order chi connectivity index (χ1) is 9.94. The first-order valence-corrected chi connectivity index (χ1v) is 7.51. The summed E-state index contributed by atoms with van der Waals surface area (Å²) < 4.78 is 0.661. The molecule has 3 aromatic rings. The van der Waals surface area contributed by atoms with E-state index in [0.717, 1.165) is 11.3 Å². The van der Waals surface area contributed by atoms with E-state index in [1.807, 2.05) is 0 Å². The van der Waals surface area contributed by atoms with Crippen LogP contribution in [0, 0.1) is 6.92 Å². The number of fused-ring (bicyclic) bond motifs is 1. The van der Waals surface area contributed by atoms with Crippen LogP contribution in [0.3, 0.4) is 0 Å². The molecule has 0 radical (unpaired) electrons. The summed E-state index contributed by atoms with van der Waals surface area (Å²) in [6, 6.07) is 3.39. The number of halogens is 1. The van der Waals surface area contributed by atoms with E-state index < -0.39 is 0 Å². The molecule has 9 heteroatoms. The van der Waals surface area contributed by atoms with E-state index in [0.29, 0.717) is 36.9 Å². The number of nitrogen functional groups attached to an aromatic ring is 1. The molecule has 0 saturated heterocycles. The highest BCUT2D eigenvalue weighted by Crippen LogP contribution is 2.28. The van der Waals surface area contributed by atoms with Gasteiger partial charge in [-0.2, -0.15) is 0 Å². The summed E-state index contributed by atoms with van der Waals surface area (Å²) in [5, 5.41) is 3.12. The average Bonchev–Trinajstić information content (AvgIpc) is 2.91. The predicted octanol–water partition coefficient (Wildman–Crippen LogP) is 2.22. The van der Waals surface area contributed by atoms with E-state index in [2.05, 4.69) is 36.2 Å². The number of H-pyrrole nitrogens is 2. The van der Waals surface area contributed by atoms with Gasteiger partial charge < -0.3 is 21.0 Å². The lowest BCUT2D eigenvalue weighted by Gasteiger charge is -2.06. The van der Waals surface area contributed by atoms with Crippen molar-refractivity contribution in [3.63, 3.8) is 0 Å². The molecule has 0 bridgehead atoms. The van der Waals surface area contributed by atoms with Gasteiger partial charge in [0.1, 0.15) is 4.88 Å². The Bertz CT molecular complexity index is 910. The van der Waals surface area contributed by atoms with Crippen LogP contribution in [0.1, 0.15) is 15.4 Å².